The second-order valence-corrected chi connectivity index (χ2v) is 4.31. The fourth-order valence-electron chi connectivity index (χ4n) is 1.78. The number of quaternary nitrogens is 1. The van der Waals surface area contributed by atoms with Gasteiger partial charge in [-0.25, -0.2) is 4.39 Å². The van der Waals surface area contributed by atoms with Crippen LogP contribution in [0.1, 0.15) is 5.56 Å². The van der Waals surface area contributed by atoms with Gasteiger partial charge in [0, 0.05) is 5.56 Å². The van der Waals surface area contributed by atoms with E-state index >= 15 is 0 Å². The van der Waals surface area contributed by atoms with Crippen molar-refractivity contribution < 1.29 is 8.39 Å². The van der Waals surface area contributed by atoms with Crippen molar-refractivity contribution >= 4 is 30.0 Å². The Labute approximate surface area is 103 Å². The fraction of sp³-hybridized carbons (Fsp3) is 0. The highest BCUT2D eigenvalue weighted by molar-refractivity contribution is 6.16. The van der Waals surface area contributed by atoms with Crippen LogP contribution in [0.3, 0.4) is 0 Å². The van der Waals surface area contributed by atoms with Gasteiger partial charge in [-0.2, -0.15) is 4.99 Å². The van der Waals surface area contributed by atoms with Gasteiger partial charge in [0.15, 0.2) is 11.8 Å². The fourth-order valence-corrected chi connectivity index (χ4v) is 2.00. The predicted molar refractivity (Wildman–Crippen MR) is 65.6 cm³/mol. The summed E-state index contributed by atoms with van der Waals surface area (Å²) in [5.74, 6) is -0.273. The Bertz CT molecular complexity index is 586. The molecule has 3 rings (SSSR count). The van der Waals surface area contributed by atoms with Gasteiger partial charge >= 0.3 is 0 Å². The molecule has 0 spiro atoms. The van der Waals surface area contributed by atoms with Crippen molar-refractivity contribution in [2.24, 2.45) is 9.98 Å². The summed E-state index contributed by atoms with van der Waals surface area (Å²) in [7, 11) is 0. The molecule has 0 amide bonds. The summed E-state index contributed by atoms with van der Waals surface area (Å²) >= 11 is 6.33. The van der Waals surface area contributed by atoms with Gasteiger partial charge in [-0.15, -0.1) is 4.00 Å². The highest BCUT2D eigenvalue weighted by atomic mass is 35.5. The Morgan fingerprint density at radius 2 is 1.94 bits per heavy atom. The third kappa shape index (κ3) is 1.62. The van der Waals surface area contributed by atoms with Crippen molar-refractivity contribution in [2.45, 2.75) is 0 Å². The molecular formula is C12H8ClFN3+. The number of rotatable bonds is 1. The molecule has 1 aromatic carbocycles. The van der Waals surface area contributed by atoms with Crippen molar-refractivity contribution in [1.29, 1.82) is 0 Å². The van der Waals surface area contributed by atoms with Crippen LogP contribution in [0.2, 0.25) is 0 Å². The van der Waals surface area contributed by atoms with E-state index in [2.05, 4.69) is 9.98 Å². The zero-order chi connectivity index (χ0) is 11.9. The number of fused-ring (bicyclic) bond motifs is 1. The van der Waals surface area contributed by atoms with Crippen LogP contribution in [-0.4, -0.2) is 16.6 Å². The third-order valence-corrected chi connectivity index (χ3v) is 3.03. The molecule has 84 valence electrons. The van der Waals surface area contributed by atoms with Crippen molar-refractivity contribution in [1.82, 2.24) is 0 Å². The largest absolute Gasteiger partial charge is 0.253 e. The molecule has 3 nitrogen and oxygen atoms in total. The Morgan fingerprint density at radius 1 is 1.18 bits per heavy atom. The molecule has 2 aliphatic rings. The van der Waals surface area contributed by atoms with Crippen LogP contribution in [0.5, 0.6) is 0 Å². The zero-order valence-corrected chi connectivity index (χ0v) is 9.47. The van der Waals surface area contributed by atoms with Gasteiger partial charge in [-0.3, -0.25) is 4.99 Å². The van der Waals surface area contributed by atoms with E-state index in [0.29, 0.717) is 5.70 Å². The lowest BCUT2D eigenvalue weighted by molar-refractivity contribution is -0.591. The van der Waals surface area contributed by atoms with Crippen LogP contribution >= 0.6 is 11.8 Å². The predicted octanol–water partition coefficient (Wildman–Crippen LogP) is 3.06. The monoisotopic (exact) mass is 248 g/mol. The van der Waals surface area contributed by atoms with E-state index in [-0.39, 0.29) is 9.82 Å². The molecule has 5 heteroatoms. The summed E-state index contributed by atoms with van der Waals surface area (Å²) in [5.41, 5.74) is 2.30. The Hall–Kier alpha value is -1.78. The summed E-state index contributed by atoms with van der Waals surface area (Å²) in [6.45, 7) is 0. The molecule has 17 heavy (non-hydrogen) atoms. The number of halogens is 2. The molecule has 0 saturated carbocycles. The first-order valence-corrected chi connectivity index (χ1v) is 5.38. The SMILES string of the molecule is Fc1ccc(C2=C3C=NC=C[N+]3(Cl)C=N2)cc1. The first-order chi connectivity index (χ1) is 8.19. The van der Waals surface area contributed by atoms with Crippen LogP contribution < -0.4 is 0 Å². The molecule has 1 aromatic rings. The van der Waals surface area contributed by atoms with Gasteiger partial charge in [0.1, 0.15) is 17.7 Å². The van der Waals surface area contributed by atoms with E-state index in [0.717, 1.165) is 11.3 Å². The minimum atomic E-state index is -0.273. The minimum Gasteiger partial charge on any atom is -0.253 e. The maximum atomic E-state index is 12.9. The van der Waals surface area contributed by atoms with Gasteiger partial charge in [0.05, 0.1) is 12.4 Å². The van der Waals surface area contributed by atoms with Gasteiger partial charge in [0.2, 0.25) is 12.0 Å². The maximum Gasteiger partial charge on any atom is 0.219 e. The number of nitrogens with zero attached hydrogens (tertiary/aromatic N) is 3. The molecule has 0 aromatic heterocycles. The van der Waals surface area contributed by atoms with Crippen LogP contribution in [-0.2, 0) is 0 Å². The molecular weight excluding hydrogens is 241 g/mol. The second kappa shape index (κ2) is 3.61. The average molecular weight is 249 g/mol. The molecule has 0 N–H and O–H groups in total. The normalized spacial score (nSPS) is 25.5. The molecule has 0 aliphatic carbocycles. The summed E-state index contributed by atoms with van der Waals surface area (Å²) < 4.78 is 12.8. The van der Waals surface area contributed by atoms with Crippen molar-refractivity contribution in [3.05, 3.63) is 53.7 Å². The Kier molecular flexibility index (Phi) is 2.21. The highest BCUT2D eigenvalue weighted by Crippen LogP contribution is 2.35. The van der Waals surface area contributed by atoms with E-state index in [4.69, 9.17) is 11.8 Å². The standard InChI is InChI=1S/C12H8ClFN3/c13-17-6-5-15-7-11(17)12(16-8-17)9-1-3-10(14)4-2-9/h1-8H/q+1. The molecule has 1 atom stereocenters. The van der Waals surface area contributed by atoms with Crippen molar-refractivity contribution in [3.63, 3.8) is 0 Å². The topological polar surface area (TPSA) is 24.7 Å². The van der Waals surface area contributed by atoms with Crippen LogP contribution in [0.15, 0.2) is 52.3 Å². The lowest BCUT2D eigenvalue weighted by atomic mass is 10.1. The molecule has 0 bridgehead atoms. The van der Waals surface area contributed by atoms with Crippen LogP contribution in [0, 0.1) is 5.82 Å². The van der Waals surface area contributed by atoms with Crippen molar-refractivity contribution in [3.8, 4) is 0 Å². The van der Waals surface area contributed by atoms with Crippen LogP contribution in [0.25, 0.3) is 5.70 Å². The molecule has 0 fully saturated rings. The van der Waals surface area contributed by atoms with E-state index in [1.807, 2.05) is 0 Å². The van der Waals surface area contributed by atoms with Gasteiger partial charge in [0.25, 0.3) is 0 Å². The van der Waals surface area contributed by atoms with Gasteiger partial charge in [-0.1, -0.05) is 0 Å². The highest BCUT2D eigenvalue weighted by Gasteiger charge is 2.37. The quantitative estimate of drug-likeness (QED) is 0.683. The van der Waals surface area contributed by atoms with E-state index in [1.54, 1.807) is 37.1 Å². The van der Waals surface area contributed by atoms with E-state index < -0.39 is 0 Å². The van der Waals surface area contributed by atoms with E-state index in [9.17, 15) is 4.39 Å². The number of hydrogen-bond acceptors (Lipinski definition) is 2. The van der Waals surface area contributed by atoms with E-state index in [1.165, 1.54) is 12.1 Å². The molecule has 1 unspecified atom stereocenters. The Morgan fingerprint density at radius 3 is 2.71 bits per heavy atom. The van der Waals surface area contributed by atoms with Gasteiger partial charge < -0.3 is 0 Å². The maximum absolute atomic E-state index is 12.9. The van der Waals surface area contributed by atoms with Crippen molar-refractivity contribution in [2.75, 3.05) is 0 Å². The summed E-state index contributed by atoms with van der Waals surface area (Å²) in [6, 6.07) is 6.15. The number of allylic oxidation sites excluding steroid dienone is 1. The summed E-state index contributed by atoms with van der Waals surface area (Å²) in [6.07, 6.45) is 6.61. The lowest BCUT2D eigenvalue weighted by Gasteiger charge is -2.16. The molecule has 0 saturated heterocycles. The number of benzene rings is 1. The number of aliphatic imine (C=N–C) groups is 2. The molecule has 2 aliphatic heterocycles. The average Bonchev–Trinajstić information content (AvgIpc) is 2.68. The first kappa shape index (κ1) is 10.4. The molecule has 0 radical (unpaired) electrons. The smallest absolute Gasteiger partial charge is 0.219 e. The number of hydrogen-bond donors (Lipinski definition) is 0. The van der Waals surface area contributed by atoms with Gasteiger partial charge in [-0.05, 0) is 24.3 Å². The zero-order valence-electron chi connectivity index (χ0n) is 8.72. The third-order valence-electron chi connectivity index (χ3n) is 2.65. The van der Waals surface area contributed by atoms with Crippen LogP contribution in [0.4, 0.5) is 4.39 Å². The Balaban J connectivity index is 2.13. The lowest BCUT2D eigenvalue weighted by Crippen LogP contribution is -2.29. The first-order valence-electron chi connectivity index (χ1n) is 5.04. The minimum absolute atomic E-state index is 0.0176. The second-order valence-electron chi connectivity index (χ2n) is 3.75. The molecule has 2 heterocycles. The summed E-state index contributed by atoms with van der Waals surface area (Å²) in [4.78, 5) is 8.32. The summed E-state index contributed by atoms with van der Waals surface area (Å²) in [5, 5.41) is 0.